The topological polar surface area (TPSA) is 42.4 Å². The van der Waals surface area contributed by atoms with Crippen LogP contribution in [-0.2, 0) is 13.0 Å². The van der Waals surface area contributed by atoms with Crippen molar-refractivity contribution in [2.75, 3.05) is 0 Å². The maximum atomic E-state index is 13.5. The molecule has 0 aliphatic rings. The Morgan fingerprint density at radius 2 is 2.05 bits per heavy atom. The molecule has 0 saturated carbocycles. The van der Waals surface area contributed by atoms with Crippen LogP contribution < -0.4 is 4.74 Å². The molecule has 4 heteroatoms. The summed E-state index contributed by atoms with van der Waals surface area (Å²) in [6.07, 6.45) is 1.77. The van der Waals surface area contributed by atoms with Gasteiger partial charge in [0.05, 0.1) is 6.61 Å². The molecule has 0 atom stereocenters. The Balaban J connectivity index is 2.27. The summed E-state index contributed by atoms with van der Waals surface area (Å²) in [6, 6.07) is 8.21. The summed E-state index contributed by atoms with van der Waals surface area (Å²) < 4.78 is 19.1. The molecule has 0 amide bonds. The fraction of sp³-hybridized carbons (Fsp3) is 0.312. The van der Waals surface area contributed by atoms with E-state index in [1.165, 1.54) is 6.07 Å². The number of ether oxygens (including phenoxy) is 1. The second kappa shape index (κ2) is 6.48. The number of pyridine rings is 1. The van der Waals surface area contributed by atoms with Crippen LogP contribution in [0.15, 0.2) is 30.3 Å². The Labute approximate surface area is 118 Å². The fourth-order valence-electron chi connectivity index (χ4n) is 1.91. The predicted octanol–water partition coefficient (Wildman–Crippen LogP) is 3.77. The molecule has 1 N–H and O–H groups in total. The van der Waals surface area contributed by atoms with Crippen molar-refractivity contribution in [2.45, 2.75) is 33.3 Å². The third-order valence-electron chi connectivity index (χ3n) is 2.97. The van der Waals surface area contributed by atoms with Gasteiger partial charge in [-0.15, -0.1) is 0 Å². The number of aliphatic hydroxyl groups excluding tert-OH is 1. The van der Waals surface area contributed by atoms with Gasteiger partial charge in [-0.2, -0.15) is 0 Å². The van der Waals surface area contributed by atoms with Crippen LogP contribution in [0.5, 0.6) is 11.6 Å². The number of nitrogens with zero attached hydrogens (tertiary/aromatic N) is 1. The third-order valence-corrected chi connectivity index (χ3v) is 2.97. The highest BCUT2D eigenvalue weighted by atomic mass is 19.1. The van der Waals surface area contributed by atoms with E-state index in [1.54, 1.807) is 25.1 Å². The molecule has 0 bridgehead atoms. The summed E-state index contributed by atoms with van der Waals surface area (Å²) in [5.74, 6) is 0.469. The number of aryl methyl sites for hydroxylation is 2. The lowest BCUT2D eigenvalue weighted by molar-refractivity contribution is 0.280. The molecule has 106 valence electrons. The van der Waals surface area contributed by atoms with Crippen molar-refractivity contribution >= 4 is 0 Å². The smallest absolute Gasteiger partial charge is 0.219 e. The Morgan fingerprint density at radius 3 is 2.70 bits per heavy atom. The second-order valence-corrected chi connectivity index (χ2v) is 4.73. The second-order valence-electron chi connectivity index (χ2n) is 4.73. The summed E-state index contributed by atoms with van der Waals surface area (Å²) in [7, 11) is 0. The lowest BCUT2D eigenvalue weighted by Crippen LogP contribution is -1.97. The largest absolute Gasteiger partial charge is 0.439 e. The van der Waals surface area contributed by atoms with Crippen molar-refractivity contribution < 1.29 is 14.2 Å². The van der Waals surface area contributed by atoms with Crippen LogP contribution in [-0.4, -0.2) is 10.1 Å². The summed E-state index contributed by atoms with van der Waals surface area (Å²) >= 11 is 0. The monoisotopic (exact) mass is 275 g/mol. The zero-order valence-electron chi connectivity index (χ0n) is 11.7. The van der Waals surface area contributed by atoms with E-state index in [9.17, 15) is 9.50 Å². The quantitative estimate of drug-likeness (QED) is 0.903. The molecule has 1 aromatic carbocycles. The van der Waals surface area contributed by atoms with Crippen molar-refractivity contribution in [3.8, 4) is 11.6 Å². The molecule has 2 rings (SSSR count). The molecular weight excluding hydrogens is 257 g/mol. The molecular formula is C16H18FNO2. The van der Waals surface area contributed by atoms with E-state index in [4.69, 9.17) is 4.74 Å². The number of hydrogen-bond donors (Lipinski definition) is 1. The summed E-state index contributed by atoms with van der Waals surface area (Å²) in [5, 5.41) is 9.26. The molecule has 0 aliphatic heterocycles. The zero-order valence-corrected chi connectivity index (χ0v) is 11.7. The summed E-state index contributed by atoms with van der Waals surface area (Å²) in [5.41, 5.74) is 2.17. The molecule has 1 aromatic heterocycles. The van der Waals surface area contributed by atoms with Gasteiger partial charge in [0.25, 0.3) is 0 Å². The van der Waals surface area contributed by atoms with E-state index in [-0.39, 0.29) is 12.4 Å². The first kappa shape index (κ1) is 14.5. The number of halogens is 1. The van der Waals surface area contributed by atoms with Crippen LogP contribution in [0.2, 0.25) is 0 Å². The molecule has 1 heterocycles. The lowest BCUT2D eigenvalue weighted by Gasteiger charge is -2.09. The van der Waals surface area contributed by atoms with E-state index in [0.29, 0.717) is 17.2 Å². The number of aromatic nitrogens is 1. The Bertz CT molecular complexity index is 599. The number of rotatable bonds is 5. The molecule has 0 aliphatic carbocycles. The van der Waals surface area contributed by atoms with Crippen molar-refractivity contribution in [1.82, 2.24) is 4.98 Å². The molecule has 2 aromatic rings. The molecule has 0 spiro atoms. The highest BCUT2D eigenvalue weighted by Crippen LogP contribution is 2.23. The van der Waals surface area contributed by atoms with Crippen molar-refractivity contribution in [3.05, 3.63) is 53.0 Å². The number of benzene rings is 1. The number of hydrogen-bond acceptors (Lipinski definition) is 3. The standard InChI is InChI=1S/C16H18FNO2/c1-3-4-13-7-12(10-19)8-16(18-13)20-14-6-5-11(2)15(17)9-14/h5-9,19H,3-4,10H2,1-2H3. The van der Waals surface area contributed by atoms with Crippen LogP contribution in [0.25, 0.3) is 0 Å². The zero-order chi connectivity index (χ0) is 14.5. The molecule has 0 saturated heterocycles. The SMILES string of the molecule is CCCc1cc(CO)cc(Oc2ccc(C)c(F)c2)n1. The van der Waals surface area contributed by atoms with Crippen molar-refractivity contribution in [1.29, 1.82) is 0 Å². The van der Waals surface area contributed by atoms with Crippen LogP contribution in [0, 0.1) is 12.7 Å². The van der Waals surface area contributed by atoms with Gasteiger partial charge >= 0.3 is 0 Å². The minimum Gasteiger partial charge on any atom is -0.439 e. The van der Waals surface area contributed by atoms with E-state index >= 15 is 0 Å². The maximum Gasteiger partial charge on any atom is 0.219 e. The van der Waals surface area contributed by atoms with Gasteiger partial charge in [-0.3, -0.25) is 0 Å². The first-order valence-electron chi connectivity index (χ1n) is 6.67. The third kappa shape index (κ3) is 3.54. The van der Waals surface area contributed by atoms with Gasteiger partial charge in [0.15, 0.2) is 0 Å². The van der Waals surface area contributed by atoms with Crippen LogP contribution in [0.4, 0.5) is 4.39 Å². The highest BCUT2D eigenvalue weighted by molar-refractivity contribution is 5.33. The van der Waals surface area contributed by atoms with Gasteiger partial charge in [0.2, 0.25) is 5.88 Å². The van der Waals surface area contributed by atoms with Crippen molar-refractivity contribution in [2.24, 2.45) is 0 Å². The Morgan fingerprint density at radius 1 is 1.25 bits per heavy atom. The first-order chi connectivity index (χ1) is 9.62. The summed E-state index contributed by atoms with van der Waals surface area (Å²) in [6.45, 7) is 3.68. The average molecular weight is 275 g/mol. The van der Waals surface area contributed by atoms with E-state index in [2.05, 4.69) is 11.9 Å². The minimum atomic E-state index is -0.311. The molecule has 3 nitrogen and oxygen atoms in total. The van der Waals surface area contributed by atoms with Crippen molar-refractivity contribution in [3.63, 3.8) is 0 Å². The predicted molar refractivity (Wildman–Crippen MR) is 75.4 cm³/mol. The maximum absolute atomic E-state index is 13.5. The molecule has 20 heavy (non-hydrogen) atoms. The van der Waals surface area contributed by atoms with Gasteiger partial charge in [0.1, 0.15) is 11.6 Å². The van der Waals surface area contributed by atoms with Gasteiger partial charge < -0.3 is 9.84 Å². The van der Waals surface area contributed by atoms with E-state index in [0.717, 1.165) is 24.1 Å². The molecule has 0 radical (unpaired) electrons. The van der Waals surface area contributed by atoms with Crippen LogP contribution >= 0.6 is 0 Å². The van der Waals surface area contributed by atoms with E-state index < -0.39 is 0 Å². The first-order valence-corrected chi connectivity index (χ1v) is 6.67. The van der Waals surface area contributed by atoms with Gasteiger partial charge in [-0.25, -0.2) is 9.37 Å². The Hall–Kier alpha value is -1.94. The van der Waals surface area contributed by atoms with Gasteiger partial charge in [-0.05, 0) is 36.6 Å². The Kier molecular flexibility index (Phi) is 4.69. The molecule has 0 fully saturated rings. The van der Waals surface area contributed by atoms with Crippen LogP contribution in [0.1, 0.15) is 30.2 Å². The fourth-order valence-corrected chi connectivity index (χ4v) is 1.91. The van der Waals surface area contributed by atoms with Crippen LogP contribution in [0.3, 0.4) is 0 Å². The summed E-state index contributed by atoms with van der Waals surface area (Å²) in [4.78, 5) is 4.36. The highest BCUT2D eigenvalue weighted by Gasteiger charge is 2.06. The van der Waals surface area contributed by atoms with Gasteiger partial charge in [0, 0.05) is 17.8 Å². The van der Waals surface area contributed by atoms with E-state index in [1.807, 2.05) is 6.07 Å². The normalized spacial score (nSPS) is 10.6. The minimum absolute atomic E-state index is 0.0716. The number of aliphatic hydroxyl groups is 1. The van der Waals surface area contributed by atoms with Gasteiger partial charge in [-0.1, -0.05) is 19.4 Å². The lowest BCUT2D eigenvalue weighted by atomic mass is 10.2. The average Bonchev–Trinajstić information content (AvgIpc) is 2.43. The molecule has 0 unspecified atom stereocenters.